The maximum absolute atomic E-state index is 13.0. The first-order chi connectivity index (χ1) is 14.9. The molecule has 0 aliphatic rings. The summed E-state index contributed by atoms with van der Waals surface area (Å²) in [5.74, 6) is -0.0108. The summed E-state index contributed by atoms with van der Waals surface area (Å²) < 4.78 is 24.2. The Labute approximate surface area is 189 Å². The van der Waals surface area contributed by atoms with Crippen molar-refractivity contribution in [3.8, 4) is 11.5 Å². The third kappa shape index (κ3) is 5.96. The van der Waals surface area contributed by atoms with E-state index in [-0.39, 0.29) is 12.4 Å². The minimum Gasteiger partial charge on any atom is -0.493 e. The van der Waals surface area contributed by atoms with Crippen molar-refractivity contribution in [2.45, 2.75) is 13.5 Å². The molecule has 0 aliphatic carbocycles. The van der Waals surface area contributed by atoms with Gasteiger partial charge in [-0.1, -0.05) is 41.4 Å². The number of hydrazone groups is 1. The van der Waals surface area contributed by atoms with Crippen LogP contribution in [0.4, 0.5) is 4.39 Å². The Kier molecular flexibility index (Phi) is 7.50. The van der Waals surface area contributed by atoms with Gasteiger partial charge in [0.15, 0.2) is 11.5 Å². The topological polar surface area (TPSA) is 59.9 Å². The number of hydrogen-bond acceptors (Lipinski definition) is 4. The van der Waals surface area contributed by atoms with E-state index < -0.39 is 5.91 Å². The molecule has 5 nitrogen and oxygen atoms in total. The van der Waals surface area contributed by atoms with E-state index in [9.17, 15) is 9.18 Å². The first kappa shape index (κ1) is 22.6. The maximum atomic E-state index is 13.0. The van der Waals surface area contributed by atoms with Gasteiger partial charge in [-0.05, 0) is 60.0 Å². The minimum absolute atomic E-state index is 0.192. The SMILES string of the molecule is COc1cc(/C=N\NC(=O)c2ccc(C)cc2Cl)cc(Cl)c1OCc1ccc(F)cc1. The van der Waals surface area contributed by atoms with Gasteiger partial charge in [-0.3, -0.25) is 4.79 Å². The van der Waals surface area contributed by atoms with Crippen LogP contribution in [0.15, 0.2) is 59.7 Å². The van der Waals surface area contributed by atoms with Gasteiger partial charge in [-0.25, -0.2) is 9.82 Å². The van der Waals surface area contributed by atoms with Crippen LogP contribution in [0.3, 0.4) is 0 Å². The highest BCUT2D eigenvalue weighted by molar-refractivity contribution is 6.34. The third-order valence-corrected chi connectivity index (χ3v) is 4.89. The summed E-state index contributed by atoms with van der Waals surface area (Å²) in [5, 5.41) is 4.60. The standard InChI is InChI=1S/C23H19Cl2FN2O3/c1-14-3-8-18(19(24)9-14)23(29)28-27-12-16-10-20(25)22(21(11-16)30-2)31-13-15-4-6-17(26)7-5-15/h3-12H,13H2,1-2H3,(H,28,29)/b27-12-. The summed E-state index contributed by atoms with van der Waals surface area (Å²) in [6.45, 7) is 2.08. The fraction of sp³-hybridized carbons (Fsp3) is 0.130. The Morgan fingerprint density at radius 1 is 1.10 bits per heavy atom. The number of ether oxygens (including phenoxy) is 2. The molecule has 3 rings (SSSR count). The lowest BCUT2D eigenvalue weighted by Gasteiger charge is -2.13. The quantitative estimate of drug-likeness (QED) is 0.358. The first-order valence-electron chi connectivity index (χ1n) is 9.21. The fourth-order valence-corrected chi connectivity index (χ4v) is 3.32. The van der Waals surface area contributed by atoms with Crippen molar-refractivity contribution >= 4 is 35.3 Å². The number of nitrogens with one attached hydrogen (secondary N) is 1. The largest absolute Gasteiger partial charge is 0.493 e. The maximum Gasteiger partial charge on any atom is 0.272 e. The van der Waals surface area contributed by atoms with Crippen LogP contribution >= 0.6 is 23.2 Å². The number of carbonyl (C=O) groups is 1. The summed E-state index contributed by atoms with van der Waals surface area (Å²) >= 11 is 12.4. The summed E-state index contributed by atoms with van der Waals surface area (Å²) in [7, 11) is 1.48. The van der Waals surface area contributed by atoms with Gasteiger partial charge in [0.25, 0.3) is 5.91 Å². The molecule has 0 radical (unpaired) electrons. The number of carbonyl (C=O) groups excluding carboxylic acids is 1. The fourth-order valence-electron chi connectivity index (χ4n) is 2.72. The van der Waals surface area contributed by atoms with E-state index in [2.05, 4.69) is 10.5 Å². The molecular weight excluding hydrogens is 442 g/mol. The van der Waals surface area contributed by atoms with Crippen molar-refractivity contribution in [2.24, 2.45) is 5.10 Å². The van der Waals surface area contributed by atoms with Crippen LogP contribution in [0.5, 0.6) is 11.5 Å². The van der Waals surface area contributed by atoms with E-state index in [1.54, 1.807) is 42.5 Å². The molecule has 0 unspecified atom stereocenters. The zero-order valence-electron chi connectivity index (χ0n) is 16.8. The van der Waals surface area contributed by atoms with Crippen LogP contribution < -0.4 is 14.9 Å². The van der Waals surface area contributed by atoms with Gasteiger partial charge in [-0.2, -0.15) is 5.10 Å². The lowest BCUT2D eigenvalue weighted by atomic mass is 10.1. The van der Waals surface area contributed by atoms with Crippen molar-refractivity contribution in [3.63, 3.8) is 0 Å². The normalized spacial score (nSPS) is 10.9. The van der Waals surface area contributed by atoms with Crippen molar-refractivity contribution in [1.82, 2.24) is 5.43 Å². The zero-order valence-corrected chi connectivity index (χ0v) is 18.3. The van der Waals surface area contributed by atoms with E-state index in [1.165, 1.54) is 25.5 Å². The van der Waals surface area contributed by atoms with E-state index in [0.29, 0.717) is 32.7 Å². The Morgan fingerprint density at radius 3 is 2.52 bits per heavy atom. The molecule has 0 aliphatic heterocycles. The molecule has 0 aromatic heterocycles. The van der Waals surface area contributed by atoms with Crippen LogP contribution in [-0.4, -0.2) is 19.2 Å². The number of halogens is 3. The van der Waals surface area contributed by atoms with E-state index in [1.807, 2.05) is 6.92 Å². The molecule has 0 saturated heterocycles. The molecule has 8 heteroatoms. The van der Waals surface area contributed by atoms with Crippen molar-refractivity contribution in [1.29, 1.82) is 0 Å². The molecule has 31 heavy (non-hydrogen) atoms. The molecule has 0 atom stereocenters. The van der Waals surface area contributed by atoms with Crippen LogP contribution in [0, 0.1) is 12.7 Å². The number of hydrogen-bond donors (Lipinski definition) is 1. The summed E-state index contributed by atoms with van der Waals surface area (Å²) in [6, 6.07) is 14.4. The second-order valence-electron chi connectivity index (χ2n) is 6.63. The van der Waals surface area contributed by atoms with Crippen LogP contribution in [0.25, 0.3) is 0 Å². The average Bonchev–Trinajstić information content (AvgIpc) is 2.73. The third-order valence-electron chi connectivity index (χ3n) is 4.30. The lowest BCUT2D eigenvalue weighted by molar-refractivity contribution is 0.0955. The van der Waals surface area contributed by atoms with Crippen LogP contribution in [0.2, 0.25) is 10.0 Å². The summed E-state index contributed by atoms with van der Waals surface area (Å²) in [6.07, 6.45) is 1.43. The van der Waals surface area contributed by atoms with Crippen molar-refractivity contribution in [3.05, 3.63) is 92.7 Å². The highest BCUT2D eigenvalue weighted by Crippen LogP contribution is 2.36. The van der Waals surface area contributed by atoms with Gasteiger partial charge in [0.2, 0.25) is 0 Å². The molecule has 0 bridgehead atoms. The number of methoxy groups -OCH3 is 1. The van der Waals surface area contributed by atoms with E-state index in [4.69, 9.17) is 32.7 Å². The van der Waals surface area contributed by atoms with E-state index in [0.717, 1.165) is 11.1 Å². The average molecular weight is 461 g/mol. The highest BCUT2D eigenvalue weighted by Gasteiger charge is 2.13. The van der Waals surface area contributed by atoms with Crippen LogP contribution in [-0.2, 0) is 6.61 Å². The number of aryl methyl sites for hydroxylation is 1. The van der Waals surface area contributed by atoms with E-state index >= 15 is 0 Å². The van der Waals surface area contributed by atoms with Gasteiger partial charge in [0, 0.05) is 0 Å². The molecule has 1 amide bonds. The second kappa shape index (κ2) is 10.3. The van der Waals surface area contributed by atoms with Gasteiger partial charge < -0.3 is 9.47 Å². The number of benzene rings is 3. The predicted octanol–water partition coefficient (Wildman–Crippen LogP) is 5.79. The molecule has 0 spiro atoms. The minimum atomic E-state index is -0.432. The van der Waals surface area contributed by atoms with Gasteiger partial charge in [0.1, 0.15) is 12.4 Å². The van der Waals surface area contributed by atoms with Crippen molar-refractivity contribution < 1.29 is 18.7 Å². The molecular formula is C23H19Cl2FN2O3. The molecule has 0 fully saturated rings. The monoisotopic (exact) mass is 460 g/mol. The molecule has 1 N–H and O–H groups in total. The second-order valence-corrected chi connectivity index (χ2v) is 7.45. The van der Waals surface area contributed by atoms with Gasteiger partial charge >= 0.3 is 0 Å². The summed E-state index contributed by atoms with van der Waals surface area (Å²) in [5.41, 5.74) is 5.08. The number of amides is 1. The Morgan fingerprint density at radius 2 is 1.84 bits per heavy atom. The molecule has 3 aromatic rings. The first-order valence-corrected chi connectivity index (χ1v) is 9.97. The molecule has 0 heterocycles. The lowest BCUT2D eigenvalue weighted by Crippen LogP contribution is -2.18. The number of rotatable bonds is 7. The Bertz CT molecular complexity index is 1120. The zero-order chi connectivity index (χ0) is 22.4. The predicted molar refractivity (Wildman–Crippen MR) is 120 cm³/mol. The smallest absolute Gasteiger partial charge is 0.272 e. The van der Waals surface area contributed by atoms with Crippen molar-refractivity contribution in [2.75, 3.05) is 7.11 Å². The molecule has 160 valence electrons. The Balaban J connectivity index is 1.69. The van der Waals surface area contributed by atoms with Gasteiger partial charge in [-0.15, -0.1) is 0 Å². The Hall–Kier alpha value is -3.09. The van der Waals surface area contributed by atoms with Crippen LogP contribution in [0.1, 0.15) is 27.0 Å². The number of nitrogens with zero attached hydrogens (tertiary/aromatic N) is 1. The summed E-state index contributed by atoms with van der Waals surface area (Å²) in [4.78, 5) is 12.2. The van der Waals surface area contributed by atoms with Gasteiger partial charge in [0.05, 0.1) is 28.9 Å². The highest BCUT2D eigenvalue weighted by atomic mass is 35.5. The molecule has 0 saturated carbocycles. The molecule has 3 aromatic carbocycles.